The van der Waals surface area contributed by atoms with Crippen molar-refractivity contribution < 1.29 is 9.18 Å². The zero-order valence-electron chi connectivity index (χ0n) is 12.4. The SMILES string of the molecule is Nc1c(F)cccc1C(=O)N(CC1CCCCC1)C1CC1. The summed E-state index contributed by atoms with van der Waals surface area (Å²) in [5, 5.41) is 0. The summed E-state index contributed by atoms with van der Waals surface area (Å²) in [7, 11) is 0. The molecule has 114 valence electrons. The lowest BCUT2D eigenvalue weighted by Crippen LogP contribution is -2.38. The monoisotopic (exact) mass is 290 g/mol. The van der Waals surface area contributed by atoms with Crippen molar-refractivity contribution in [3.05, 3.63) is 29.6 Å². The van der Waals surface area contributed by atoms with E-state index in [-0.39, 0.29) is 11.6 Å². The predicted molar refractivity (Wildman–Crippen MR) is 81.4 cm³/mol. The van der Waals surface area contributed by atoms with Gasteiger partial charge < -0.3 is 10.6 Å². The molecule has 3 rings (SSSR count). The van der Waals surface area contributed by atoms with Gasteiger partial charge in [-0.2, -0.15) is 0 Å². The molecule has 0 spiro atoms. The maximum atomic E-state index is 13.6. The first-order chi connectivity index (χ1) is 10.2. The highest BCUT2D eigenvalue weighted by atomic mass is 19.1. The Hall–Kier alpha value is -1.58. The van der Waals surface area contributed by atoms with Crippen LogP contribution in [-0.4, -0.2) is 23.4 Å². The number of carbonyl (C=O) groups is 1. The fourth-order valence-corrected chi connectivity index (χ4v) is 3.31. The van der Waals surface area contributed by atoms with Gasteiger partial charge in [-0.05, 0) is 43.7 Å². The number of benzene rings is 1. The molecule has 3 nitrogen and oxygen atoms in total. The molecule has 2 aliphatic rings. The van der Waals surface area contributed by atoms with E-state index in [2.05, 4.69) is 0 Å². The summed E-state index contributed by atoms with van der Waals surface area (Å²) in [5.41, 5.74) is 6.05. The molecule has 4 heteroatoms. The van der Waals surface area contributed by atoms with E-state index in [1.54, 1.807) is 12.1 Å². The van der Waals surface area contributed by atoms with E-state index in [1.165, 1.54) is 38.2 Å². The van der Waals surface area contributed by atoms with Gasteiger partial charge in [0.2, 0.25) is 0 Å². The second-order valence-electron chi connectivity index (χ2n) is 6.39. The first-order valence-corrected chi connectivity index (χ1v) is 8.02. The van der Waals surface area contributed by atoms with E-state index in [1.807, 2.05) is 4.90 Å². The molecule has 0 saturated heterocycles. The maximum absolute atomic E-state index is 13.6. The summed E-state index contributed by atoms with van der Waals surface area (Å²) in [4.78, 5) is 14.7. The summed E-state index contributed by atoms with van der Waals surface area (Å²) in [6.07, 6.45) is 8.37. The van der Waals surface area contributed by atoms with Gasteiger partial charge in [0.15, 0.2) is 0 Å². The van der Waals surface area contributed by atoms with E-state index in [9.17, 15) is 9.18 Å². The van der Waals surface area contributed by atoms with Gasteiger partial charge >= 0.3 is 0 Å². The normalized spacial score (nSPS) is 19.5. The van der Waals surface area contributed by atoms with Crippen molar-refractivity contribution in [3.8, 4) is 0 Å². The van der Waals surface area contributed by atoms with Crippen molar-refractivity contribution in [2.45, 2.75) is 51.0 Å². The number of rotatable bonds is 4. The minimum atomic E-state index is -0.505. The molecule has 2 aliphatic carbocycles. The second-order valence-corrected chi connectivity index (χ2v) is 6.39. The number of para-hydroxylation sites is 1. The molecule has 2 fully saturated rings. The van der Waals surface area contributed by atoms with Gasteiger partial charge in [-0.1, -0.05) is 25.3 Å². The van der Waals surface area contributed by atoms with Crippen molar-refractivity contribution in [1.82, 2.24) is 4.90 Å². The van der Waals surface area contributed by atoms with Gasteiger partial charge in [-0.25, -0.2) is 4.39 Å². The van der Waals surface area contributed by atoms with Crippen LogP contribution in [-0.2, 0) is 0 Å². The second kappa shape index (κ2) is 6.04. The Labute approximate surface area is 125 Å². The van der Waals surface area contributed by atoms with Crippen LogP contribution in [0, 0.1) is 11.7 Å². The van der Waals surface area contributed by atoms with Gasteiger partial charge in [-0.3, -0.25) is 4.79 Å². The Morgan fingerprint density at radius 2 is 1.90 bits per heavy atom. The van der Waals surface area contributed by atoms with Crippen LogP contribution in [0.1, 0.15) is 55.3 Å². The molecule has 2 N–H and O–H groups in total. The number of nitrogens with two attached hydrogens (primary N) is 1. The Balaban J connectivity index is 1.76. The largest absolute Gasteiger partial charge is 0.396 e. The molecule has 0 radical (unpaired) electrons. The van der Waals surface area contributed by atoms with Crippen LogP contribution in [0.5, 0.6) is 0 Å². The fraction of sp³-hybridized carbons (Fsp3) is 0.588. The summed E-state index contributed by atoms with van der Waals surface area (Å²) in [6.45, 7) is 0.805. The number of anilines is 1. The van der Waals surface area contributed by atoms with E-state index in [0.29, 0.717) is 17.5 Å². The van der Waals surface area contributed by atoms with Crippen molar-refractivity contribution in [1.29, 1.82) is 0 Å². The van der Waals surface area contributed by atoms with Gasteiger partial charge in [0.25, 0.3) is 5.91 Å². The molecule has 0 heterocycles. The average molecular weight is 290 g/mol. The molecule has 2 saturated carbocycles. The number of hydrogen-bond acceptors (Lipinski definition) is 2. The fourth-order valence-electron chi connectivity index (χ4n) is 3.31. The van der Waals surface area contributed by atoms with Crippen LogP contribution in [0.2, 0.25) is 0 Å². The molecule has 1 aromatic rings. The van der Waals surface area contributed by atoms with Gasteiger partial charge in [-0.15, -0.1) is 0 Å². The quantitative estimate of drug-likeness (QED) is 0.861. The van der Waals surface area contributed by atoms with Crippen LogP contribution in [0.3, 0.4) is 0 Å². The standard InChI is InChI=1S/C17H23FN2O/c18-15-8-4-7-14(16(15)19)17(21)20(13-9-10-13)11-12-5-2-1-3-6-12/h4,7-8,12-13H,1-3,5-6,9-11,19H2. The van der Waals surface area contributed by atoms with E-state index < -0.39 is 5.82 Å². The summed E-state index contributed by atoms with van der Waals surface area (Å²) in [6, 6.07) is 4.83. The van der Waals surface area contributed by atoms with E-state index >= 15 is 0 Å². The predicted octanol–water partition coefficient (Wildman–Crippen LogP) is 3.59. The number of carbonyl (C=O) groups excluding carboxylic acids is 1. The topological polar surface area (TPSA) is 46.3 Å². The first-order valence-electron chi connectivity index (χ1n) is 8.02. The van der Waals surface area contributed by atoms with Crippen molar-refractivity contribution in [2.24, 2.45) is 5.92 Å². The number of nitrogens with zero attached hydrogens (tertiary/aromatic N) is 1. The molecule has 0 bridgehead atoms. The van der Waals surface area contributed by atoms with Gasteiger partial charge in [0.1, 0.15) is 5.82 Å². The zero-order valence-corrected chi connectivity index (χ0v) is 12.4. The van der Waals surface area contributed by atoms with Gasteiger partial charge in [0.05, 0.1) is 11.3 Å². The molecule has 0 aromatic heterocycles. The Bertz CT molecular complexity index is 522. The molecule has 0 unspecified atom stereocenters. The summed E-state index contributed by atoms with van der Waals surface area (Å²) < 4.78 is 13.6. The lowest BCUT2D eigenvalue weighted by molar-refractivity contribution is 0.0699. The van der Waals surface area contributed by atoms with E-state index in [0.717, 1.165) is 19.4 Å². The molecule has 0 aliphatic heterocycles. The highest BCUT2D eigenvalue weighted by molar-refractivity contribution is 5.99. The molecule has 21 heavy (non-hydrogen) atoms. The summed E-state index contributed by atoms with van der Waals surface area (Å²) >= 11 is 0. The molecular formula is C17H23FN2O. The third-order valence-electron chi connectivity index (χ3n) is 4.71. The third-order valence-corrected chi connectivity index (χ3v) is 4.71. The Morgan fingerprint density at radius 1 is 1.19 bits per heavy atom. The van der Waals surface area contributed by atoms with Gasteiger partial charge in [0, 0.05) is 12.6 Å². The first kappa shape index (κ1) is 14.4. The van der Waals surface area contributed by atoms with Crippen LogP contribution in [0.4, 0.5) is 10.1 Å². The van der Waals surface area contributed by atoms with Crippen molar-refractivity contribution >= 4 is 11.6 Å². The molecule has 1 amide bonds. The smallest absolute Gasteiger partial charge is 0.256 e. The van der Waals surface area contributed by atoms with E-state index in [4.69, 9.17) is 5.73 Å². The average Bonchev–Trinajstić information content (AvgIpc) is 3.33. The highest BCUT2D eigenvalue weighted by Gasteiger charge is 2.35. The highest BCUT2D eigenvalue weighted by Crippen LogP contribution is 2.33. The number of halogens is 1. The number of hydrogen-bond donors (Lipinski definition) is 1. The molecular weight excluding hydrogens is 267 g/mol. The zero-order chi connectivity index (χ0) is 14.8. The lowest BCUT2D eigenvalue weighted by Gasteiger charge is -2.30. The maximum Gasteiger partial charge on any atom is 0.256 e. The summed E-state index contributed by atoms with van der Waals surface area (Å²) in [5.74, 6) is -0.00702. The third kappa shape index (κ3) is 3.20. The minimum absolute atomic E-state index is 0.0169. The lowest BCUT2D eigenvalue weighted by atomic mass is 9.88. The van der Waals surface area contributed by atoms with Crippen LogP contribution in [0.25, 0.3) is 0 Å². The minimum Gasteiger partial charge on any atom is -0.396 e. The number of amides is 1. The van der Waals surface area contributed by atoms with Crippen LogP contribution >= 0.6 is 0 Å². The Kier molecular flexibility index (Phi) is 4.13. The molecule has 1 aromatic carbocycles. The Morgan fingerprint density at radius 3 is 2.57 bits per heavy atom. The van der Waals surface area contributed by atoms with Crippen molar-refractivity contribution in [3.63, 3.8) is 0 Å². The van der Waals surface area contributed by atoms with Crippen LogP contribution in [0.15, 0.2) is 18.2 Å². The van der Waals surface area contributed by atoms with Crippen molar-refractivity contribution in [2.75, 3.05) is 12.3 Å². The number of nitrogen functional groups attached to an aromatic ring is 1. The molecule has 0 atom stereocenters. The van der Waals surface area contributed by atoms with Crippen LogP contribution < -0.4 is 5.73 Å².